The molecule has 1 aliphatic carbocycles. The largest absolute Gasteiger partial charge is 0.438 e. The summed E-state index contributed by atoms with van der Waals surface area (Å²) in [6, 6.07) is 17.3. The van der Waals surface area contributed by atoms with Gasteiger partial charge in [-0.05, 0) is 62.6 Å². The van der Waals surface area contributed by atoms with Gasteiger partial charge in [-0.1, -0.05) is 18.2 Å². The van der Waals surface area contributed by atoms with E-state index in [2.05, 4.69) is 20.7 Å². The van der Waals surface area contributed by atoms with E-state index in [-0.39, 0.29) is 17.7 Å². The van der Waals surface area contributed by atoms with Gasteiger partial charge in [0, 0.05) is 29.3 Å². The van der Waals surface area contributed by atoms with Crippen molar-refractivity contribution < 1.29 is 19.4 Å². The van der Waals surface area contributed by atoms with Crippen molar-refractivity contribution in [2.45, 2.75) is 32.3 Å². The molecule has 2 aromatic carbocycles. The summed E-state index contributed by atoms with van der Waals surface area (Å²) in [6.45, 7) is 3.34. The van der Waals surface area contributed by atoms with Crippen LogP contribution in [0.2, 0.25) is 0 Å². The molecule has 9 heteroatoms. The van der Waals surface area contributed by atoms with E-state index in [9.17, 15) is 14.7 Å². The number of hydrogen-bond acceptors (Lipinski definition) is 6. The van der Waals surface area contributed by atoms with Gasteiger partial charge in [0.25, 0.3) is 5.91 Å². The predicted octanol–water partition coefficient (Wildman–Crippen LogP) is 4.35. The van der Waals surface area contributed by atoms with Gasteiger partial charge < -0.3 is 20.5 Å². The second-order valence-corrected chi connectivity index (χ2v) is 9.09. The highest BCUT2D eigenvalue weighted by molar-refractivity contribution is 6.04. The number of fused-ring (bicyclic) bond motifs is 1. The zero-order valence-electron chi connectivity index (χ0n) is 19.4. The molecule has 1 aliphatic rings. The minimum atomic E-state index is -1.04. The van der Waals surface area contributed by atoms with Gasteiger partial charge in [0.15, 0.2) is 11.5 Å². The molecule has 0 aliphatic heterocycles. The third-order valence-corrected chi connectivity index (χ3v) is 5.64. The van der Waals surface area contributed by atoms with Crippen molar-refractivity contribution in [2.75, 3.05) is 10.6 Å². The highest BCUT2D eigenvalue weighted by Gasteiger charge is 2.30. The van der Waals surface area contributed by atoms with Gasteiger partial charge >= 0.3 is 0 Å². The quantitative estimate of drug-likeness (QED) is 0.369. The lowest BCUT2D eigenvalue weighted by Gasteiger charge is -2.18. The molecule has 0 bridgehead atoms. The molecule has 4 aromatic rings. The van der Waals surface area contributed by atoms with E-state index in [0.717, 1.165) is 12.8 Å². The van der Waals surface area contributed by atoms with Crippen LogP contribution in [0.15, 0.2) is 66.9 Å². The number of carbonyl (C=O) groups excluding carboxylic acids is 2. The van der Waals surface area contributed by atoms with Crippen molar-refractivity contribution in [1.29, 1.82) is 0 Å². The van der Waals surface area contributed by atoms with Crippen LogP contribution in [0.25, 0.3) is 5.65 Å². The molecule has 2 heterocycles. The standard InChI is InChI=1S/C26H25N5O4/c1-26(2,34)18-6-3-5-17(13-18)25(33)27-19-7-4-8-20(14-19)35-23-12-11-22-28-21(15-31(22)30-23)29-24(32)16-9-10-16/h3-8,11-16,34H,9-10H2,1-2H3,(H,27,33)(H,29,32). The molecule has 2 amide bonds. The number of nitrogens with zero attached hydrogens (tertiary/aromatic N) is 3. The average Bonchev–Trinajstić information content (AvgIpc) is 3.60. The first-order chi connectivity index (χ1) is 16.7. The zero-order valence-corrected chi connectivity index (χ0v) is 19.4. The topological polar surface area (TPSA) is 118 Å². The Hall–Kier alpha value is -4.24. The highest BCUT2D eigenvalue weighted by atomic mass is 16.5. The molecule has 5 rings (SSSR count). The molecular weight excluding hydrogens is 446 g/mol. The number of benzene rings is 2. The Morgan fingerprint density at radius 3 is 2.63 bits per heavy atom. The van der Waals surface area contributed by atoms with Crippen LogP contribution >= 0.6 is 0 Å². The van der Waals surface area contributed by atoms with E-state index < -0.39 is 5.60 Å². The summed E-state index contributed by atoms with van der Waals surface area (Å²) in [5, 5.41) is 20.3. The molecule has 3 N–H and O–H groups in total. The fourth-order valence-corrected chi connectivity index (χ4v) is 3.56. The van der Waals surface area contributed by atoms with Crippen molar-refractivity contribution in [2.24, 2.45) is 5.92 Å². The van der Waals surface area contributed by atoms with Gasteiger partial charge in [0.05, 0.1) is 11.8 Å². The predicted molar refractivity (Wildman–Crippen MR) is 130 cm³/mol. The normalized spacial score (nSPS) is 13.5. The van der Waals surface area contributed by atoms with E-state index in [0.29, 0.717) is 39.9 Å². The SMILES string of the molecule is CC(C)(O)c1cccc(C(=O)Nc2cccc(Oc3ccc4nc(NC(=O)C5CC5)cn4n3)c2)c1. The molecule has 35 heavy (non-hydrogen) atoms. The number of amides is 2. The lowest BCUT2D eigenvalue weighted by molar-refractivity contribution is -0.117. The summed E-state index contributed by atoms with van der Waals surface area (Å²) in [5.41, 5.74) is 1.18. The molecule has 178 valence electrons. The number of aliphatic hydroxyl groups is 1. The van der Waals surface area contributed by atoms with Crippen LogP contribution in [-0.2, 0) is 10.4 Å². The monoisotopic (exact) mass is 471 g/mol. The third kappa shape index (κ3) is 5.30. The lowest BCUT2D eigenvalue weighted by Crippen LogP contribution is -2.18. The van der Waals surface area contributed by atoms with E-state index in [1.165, 1.54) is 0 Å². The van der Waals surface area contributed by atoms with Crippen LogP contribution < -0.4 is 15.4 Å². The molecule has 0 atom stereocenters. The van der Waals surface area contributed by atoms with Gasteiger partial charge in [-0.2, -0.15) is 0 Å². The molecule has 0 unspecified atom stereocenters. The number of ether oxygens (including phenoxy) is 1. The summed E-state index contributed by atoms with van der Waals surface area (Å²) >= 11 is 0. The number of nitrogens with one attached hydrogen (secondary N) is 2. The Morgan fingerprint density at radius 1 is 1.06 bits per heavy atom. The van der Waals surface area contributed by atoms with Gasteiger partial charge in [0.2, 0.25) is 11.8 Å². The molecule has 0 spiro atoms. The lowest BCUT2D eigenvalue weighted by atomic mass is 9.96. The fourth-order valence-electron chi connectivity index (χ4n) is 3.56. The number of carbonyl (C=O) groups is 2. The van der Waals surface area contributed by atoms with E-state index in [1.807, 2.05) is 0 Å². The molecule has 1 fully saturated rings. The fraction of sp³-hybridized carbons (Fsp3) is 0.231. The number of anilines is 2. The van der Waals surface area contributed by atoms with Crippen molar-refractivity contribution in [3.63, 3.8) is 0 Å². The summed E-state index contributed by atoms with van der Waals surface area (Å²) in [5.74, 6) is 1.04. The maximum absolute atomic E-state index is 12.7. The summed E-state index contributed by atoms with van der Waals surface area (Å²) in [4.78, 5) is 29.1. The Labute approximate surface area is 201 Å². The van der Waals surface area contributed by atoms with Gasteiger partial charge in [-0.25, -0.2) is 9.50 Å². The number of imidazole rings is 1. The van der Waals surface area contributed by atoms with Crippen molar-refractivity contribution >= 4 is 29.0 Å². The minimum Gasteiger partial charge on any atom is -0.438 e. The van der Waals surface area contributed by atoms with E-state index in [1.54, 1.807) is 85.2 Å². The van der Waals surface area contributed by atoms with Crippen LogP contribution in [0, 0.1) is 5.92 Å². The van der Waals surface area contributed by atoms with Crippen molar-refractivity contribution in [3.05, 3.63) is 78.0 Å². The highest BCUT2D eigenvalue weighted by Crippen LogP contribution is 2.30. The van der Waals surface area contributed by atoms with Crippen molar-refractivity contribution in [3.8, 4) is 11.6 Å². The maximum atomic E-state index is 12.7. The van der Waals surface area contributed by atoms with Crippen molar-refractivity contribution in [1.82, 2.24) is 14.6 Å². The molecule has 0 radical (unpaired) electrons. The van der Waals surface area contributed by atoms with Crippen LogP contribution in [0.5, 0.6) is 11.6 Å². The van der Waals surface area contributed by atoms with Crippen LogP contribution in [0.4, 0.5) is 11.5 Å². The second kappa shape index (κ2) is 8.84. The summed E-state index contributed by atoms with van der Waals surface area (Å²) in [7, 11) is 0. The Balaban J connectivity index is 1.28. The molecule has 0 saturated heterocycles. The zero-order chi connectivity index (χ0) is 24.6. The number of aromatic nitrogens is 3. The van der Waals surface area contributed by atoms with E-state index in [4.69, 9.17) is 4.74 Å². The smallest absolute Gasteiger partial charge is 0.255 e. The Kier molecular flexibility index (Phi) is 5.70. The Bertz CT molecular complexity index is 1420. The minimum absolute atomic E-state index is 0.0180. The summed E-state index contributed by atoms with van der Waals surface area (Å²) < 4.78 is 7.43. The second-order valence-electron chi connectivity index (χ2n) is 9.09. The molecule has 9 nitrogen and oxygen atoms in total. The first-order valence-electron chi connectivity index (χ1n) is 11.3. The van der Waals surface area contributed by atoms with Gasteiger partial charge in [-0.3, -0.25) is 9.59 Å². The van der Waals surface area contributed by atoms with E-state index >= 15 is 0 Å². The summed E-state index contributed by atoms with van der Waals surface area (Å²) in [6.07, 6.45) is 3.48. The first kappa shape index (κ1) is 22.5. The number of hydrogen-bond donors (Lipinski definition) is 3. The van der Waals surface area contributed by atoms with Gasteiger partial charge in [-0.15, -0.1) is 5.10 Å². The van der Waals surface area contributed by atoms with Crippen LogP contribution in [0.3, 0.4) is 0 Å². The molecular formula is C26H25N5O4. The van der Waals surface area contributed by atoms with Gasteiger partial charge in [0.1, 0.15) is 5.75 Å². The third-order valence-electron chi connectivity index (χ3n) is 5.64. The number of rotatable bonds is 7. The molecule has 2 aromatic heterocycles. The first-order valence-corrected chi connectivity index (χ1v) is 11.3. The Morgan fingerprint density at radius 2 is 1.86 bits per heavy atom. The van der Waals surface area contributed by atoms with Crippen LogP contribution in [0.1, 0.15) is 42.6 Å². The maximum Gasteiger partial charge on any atom is 0.255 e. The molecule has 1 saturated carbocycles. The average molecular weight is 472 g/mol. The van der Waals surface area contributed by atoms with Crippen LogP contribution in [-0.4, -0.2) is 31.5 Å².